The second-order valence-electron chi connectivity index (χ2n) is 7.44. The molecule has 0 aromatic carbocycles. The Morgan fingerprint density at radius 3 is 2.76 bits per heavy atom. The van der Waals surface area contributed by atoms with Crippen molar-refractivity contribution in [2.45, 2.75) is 70.7 Å². The number of aliphatic hydroxyl groups is 1. The van der Waals surface area contributed by atoms with Crippen molar-refractivity contribution in [3.05, 3.63) is 22.6 Å². The number of aromatic nitrogens is 2. The number of rotatable bonds is 9. The van der Waals surface area contributed by atoms with Gasteiger partial charge in [-0.3, -0.25) is 9.36 Å². The van der Waals surface area contributed by atoms with Crippen molar-refractivity contribution in [3.63, 3.8) is 0 Å². The summed E-state index contributed by atoms with van der Waals surface area (Å²) in [6.45, 7) is 8.61. The van der Waals surface area contributed by atoms with Crippen molar-refractivity contribution in [1.29, 1.82) is 5.26 Å². The van der Waals surface area contributed by atoms with Crippen LogP contribution >= 0.6 is 8.53 Å². The van der Waals surface area contributed by atoms with Gasteiger partial charge in [0.1, 0.15) is 12.2 Å². The van der Waals surface area contributed by atoms with E-state index in [4.69, 9.17) is 23.8 Å². The Morgan fingerprint density at radius 2 is 2.10 bits per heavy atom. The first kappa shape index (κ1) is 22.1. The Hall–Kier alpha value is -1.60. The molecular formula is C18H27N4O6P. The topological polar surface area (TPSA) is 119 Å². The molecule has 5 atom stereocenters. The highest BCUT2D eigenvalue weighted by Crippen LogP contribution is 2.47. The molecule has 10 nitrogen and oxygen atoms in total. The van der Waals surface area contributed by atoms with Crippen LogP contribution in [0.15, 0.2) is 17.1 Å². The fourth-order valence-electron chi connectivity index (χ4n) is 3.48. The van der Waals surface area contributed by atoms with Crippen LogP contribution in [-0.2, 0) is 13.8 Å². The first-order valence-corrected chi connectivity index (χ1v) is 10.8. The van der Waals surface area contributed by atoms with E-state index in [0.717, 1.165) is 0 Å². The lowest BCUT2D eigenvalue weighted by atomic mass is 10.1. The molecule has 2 bridgehead atoms. The van der Waals surface area contributed by atoms with Gasteiger partial charge in [-0.2, -0.15) is 10.2 Å². The van der Waals surface area contributed by atoms with Crippen LogP contribution in [-0.4, -0.2) is 62.9 Å². The molecule has 1 N–H and O–H groups in total. The number of aliphatic hydroxyl groups excluding tert-OH is 1. The molecule has 0 spiro atoms. The summed E-state index contributed by atoms with van der Waals surface area (Å²) in [6, 6.07) is 3.83. The monoisotopic (exact) mass is 426 g/mol. The van der Waals surface area contributed by atoms with E-state index in [1.807, 2.05) is 0 Å². The minimum atomic E-state index is -1.43. The third-order valence-electron chi connectivity index (χ3n) is 4.64. The minimum absolute atomic E-state index is 0.124. The summed E-state index contributed by atoms with van der Waals surface area (Å²) >= 11 is 0. The minimum Gasteiger partial charge on any atom is -0.455 e. The summed E-state index contributed by atoms with van der Waals surface area (Å²) in [5.41, 5.74) is -0.418. The predicted molar refractivity (Wildman–Crippen MR) is 104 cm³/mol. The highest BCUT2D eigenvalue weighted by molar-refractivity contribution is 7.44. The van der Waals surface area contributed by atoms with Crippen LogP contribution < -0.4 is 10.3 Å². The van der Waals surface area contributed by atoms with E-state index in [2.05, 4.69) is 43.4 Å². The van der Waals surface area contributed by atoms with Crippen molar-refractivity contribution in [3.8, 4) is 12.1 Å². The van der Waals surface area contributed by atoms with Crippen molar-refractivity contribution >= 4 is 8.53 Å². The fourth-order valence-corrected chi connectivity index (χ4v) is 5.10. The second-order valence-corrected chi connectivity index (χ2v) is 8.89. The summed E-state index contributed by atoms with van der Waals surface area (Å²) in [7, 11) is -1.43. The van der Waals surface area contributed by atoms with Gasteiger partial charge < -0.3 is 23.6 Å². The quantitative estimate of drug-likeness (QED) is 0.463. The van der Waals surface area contributed by atoms with E-state index < -0.39 is 38.6 Å². The molecule has 160 valence electrons. The van der Waals surface area contributed by atoms with Crippen LogP contribution in [0.2, 0.25) is 0 Å². The first-order chi connectivity index (χ1) is 13.8. The van der Waals surface area contributed by atoms with Gasteiger partial charge in [0.15, 0.2) is 12.3 Å². The Balaban J connectivity index is 1.70. The second kappa shape index (κ2) is 9.47. The normalized spacial score (nSPS) is 26.4. The van der Waals surface area contributed by atoms with Crippen molar-refractivity contribution in [2.24, 2.45) is 0 Å². The summed E-state index contributed by atoms with van der Waals surface area (Å²) in [4.78, 5) is 15.3. The molecular weight excluding hydrogens is 399 g/mol. The van der Waals surface area contributed by atoms with Crippen LogP contribution in [0.5, 0.6) is 6.01 Å². The molecule has 2 aliphatic heterocycles. The molecule has 1 fully saturated rings. The van der Waals surface area contributed by atoms with Gasteiger partial charge in [-0.05, 0) is 27.7 Å². The summed E-state index contributed by atoms with van der Waals surface area (Å²) in [5.74, 6) is 0. The van der Waals surface area contributed by atoms with Gasteiger partial charge in [0.05, 0.1) is 25.7 Å². The van der Waals surface area contributed by atoms with Gasteiger partial charge in [0.25, 0.3) is 14.1 Å². The van der Waals surface area contributed by atoms with E-state index in [1.165, 1.54) is 16.8 Å². The third kappa shape index (κ3) is 4.77. The number of nitriles is 1. The van der Waals surface area contributed by atoms with E-state index in [9.17, 15) is 9.90 Å². The molecule has 1 aromatic rings. The highest BCUT2D eigenvalue weighted by Gasteiger charge is 2.51. The third-order valence-corrected chi connectivity index (χ3v) is 6.72. The summed E-state index contributed by atoms with van der Waals surface area (Å²) < 4.78 is 27.2. The maximum Gasteiger partial charge on any atom is 0.302 e. The lowest BCUT2D eigenvalue weighted by molar-refractivity contribution is -0.0540. The zero-order chi connectivity index (χ0) is 21.1. The molecule has 0 amide bonds. The SMILES string of the molecule is CC(C)N(C(C)C)P(OCCC#N)OC[C@H]1O[C@@H]2C(O)[C@@H]1Oc1nc(=O)ccn12. The van der Waals surface area contributed by atoms with Crippen LogP contribution in [0, 0.1) is 11.3 Å². The Bertz CT molecular complexity index is 789. The van der Waals surface area contributed by atoms with Crippen LogP contribution in [0.4, 0.5) is 0 Å². The fraction of sp³-hybridized carbons (Fsp3) is 0.722. The lowest BCUT2D eigenvalue weighted by Crippen LogP contribution is -2.43. The maximum atomic E-state index is 11.5. The van der Waals surface area contributed by atoms with Crippen LogP contribution in [0.25, 0.3) is 0 Å². The molecule has 2 aliphatic rings. The van der Waals surface area contributed by atoms with E-state index in [-0.39, 0.29) is 37.7 Å². The van der Waals surface area contributed by atoms with Crippen molar-refractivity contribution in [1.82, 2.24) is 14.2 Å². The molecule has 11 heteroatoms. The Morgan fingerprint density at radius 1 is 1.38 bits per heavy atom. The molecule has 1 saturated heterocycles. The van der Waals surface area contributed by atoms with E-state index >= 15 is 0 Å². The zero-order valence-electron chi connectivity index (χ0n) is 17.0. The number of nitrogens with zero attached hydrogens (tertiary/aromatic N) is 4. The summed E-state index contributed by atoms with van der Waals surface area (Å²) in [6.07, 6.45) is -1.09. The molecule has 0 saturated carbocycles. The van der Waals surface area contributed by atoms with Gasteiger partial charge in [-0.15, -0.1) is 0 Å². The maximum absolute atomic E-state index is 11.5. The van der Waals surface area contributed by atoms with Crippen LogP contribution in [0.1, 0.15) is 40.3 Å². The highest BCUT2D eigenvalue weighted by atomic mass is 31.2. The number of hydrogen-bond acceptors (Lipinski definition) is 9. The predicted octanol–water partition coefficient (Wildman–Crippen LogP) is 1.56. The van der Waals surface area contributed by atoms with Gasteiger partial charge in [-0.25, -0.2) is 4.67 Å². The number of hydrogen-bond donors (Lipinski definition) is 1. The molecule has 1 aromatic heterocycles. The van der Waals surface area contributed by atoms with Gasteiger partial charge in [0, 0.05) is 24.3 Å². The average molecular weight is 426 g/mol. The van der Waals surface area contributed by atoms with E-state index in [1.54, 1.807) is 0 Å². The smallest absolute Gasteiger partial charge is 0.302 e. The molecule has 0 radical (unpaired) electrons. The van der Waals surface area contributed by atoms with Gasteiger partial charge in [-0.1, -0.05) is 0 Å². The number of ether oxygens (including phenoxy) is 2. The summed E-state index contributed by atoms with van der Waals surface area (Å²) in [5, 5.41) is 19.3. The van der Waals surface area contributed by atoms with Crippen LogP contribution in [0.3, 0.4) is 0 Å². The van der Waals surface area contributed by atoms with Gasteiger partial charge in [0.2, 0.25) is 0 Å². The Labute approximate surface area is 170 Å². The Kier molecular flexibility index (Phi) is 7.22. The van der Waals surface area contributed by atoms with E-state index in [0.29, 0.717) is 0 Å². The largest absolute Gasteiger partial charge is 0.455 e. The van der Waals surface area contributed by atoms with Crippen molar-refractivity contribution in [2.75, 3.05) is 13.2 Å². The first-order valence-electron chi connectivity index (χ1n) is 9.64. The number of fused-ring (bicyclic) bond motifs is 4. The lowest BCUT2D eigenvalue weighted by Gasteiger charge is -2.36. The molecule has 29 heavy (non-hydrogen) atoms. The molecule has 2 unspecified atom stereocenters. The molecule has 0 aliphatic carbocycles. The molecule has 3 rings (SSSR count). The zero-order valence-corrected chi connectivity index (χ0v) is 17.9. The molecule has 3 heterocycles. The standard InChI is InChI=1S/C18H27N4O6P/c1-11(2)22(12(3)4)29(25-9-5-7-19)26-10-13-16-15(24)17(27-13)21-8-6-14(23)20-18(21)28-16/h6,8,11-13,15-17,24H,5,9-10H2,1-4H3/t13-,15?,16-,17-,29?/m1/s1. The average Bonchev–Trinajstić information content (AvgIpc) is 2.85. The van der Waals surface area contributed by atoms with Gasteiger partial charge >= 0.3 is 6.01 Å². The van der Waals surface area contributed by atoms with Crippen molar-refractivity contribution < 1.29 is 23.6 Å².